The summed E-state index contributed by atoms with van der Waals surface area (Å²) in [5.74, 6) is -5.40. The van der Waals surface area contributed by atoms with Crippen LogP contribution in [0.5, 0.6) is 11.5 Å². The van der Waals surface area contributed by atoms with E-state index in [0.717, 1.165) is 16.5 Å². The summed E-state index contributed by atoms with van der Waals surface area (Å²) in [6, 6.07) is 5.33. The van der Waals surface area contributed by atoms with E-state index < -0.39 is 52.6 Å². The van der Waals surface area contributed by atoms with E-state index in [4.69, 9.17) is 16.3 Å². The van der Waals surface area contributed by atoms with Gasteiger partial charge in [0, 0.05) is 16.9 Å². The van der Waals surface area contributed by atoms with Crippen molar-refractivity contribution >= 4 is 72.8 Å². The molecule has 2 heterocycles. The van der Waals surface area contributed by atoms with E-state index in [0.29, 0.717) is 33.9 Å². The second-order valence-corrected chi connectivity index (χ2v) is 13.7. The molecule has 6 atom stereocenters. The van der Waals surface area contributed by atoms with Crippen LogP contribution < -0.4 is 9.64 Å². The van der Waals surface area contributed by atoms with Crippen LogP contribution in [0.3, 0.4) is 0 Å². The number of methoxy groups -OCH3 is 1. The van der Waals surface area contributed by atoms with Crippen molar-refractivity contribution in [3.05, 3.63) is 61.3 Å². The summed E-state index contributed by atoms with van der Waals surface area (Å²) < 4.78 is 20.3. The van der Waals surface area contributed by atoms with Gasteiger partial charge in [-0.3, -0.25) is 24.1 Å². The third-order valence-electron chi connectivity index (χ3n) is 9.68. The van der Waals surface area contributed by atoms with Crippen molar-refractivity contribution in [3.63, 3.8) is 0 Å². The van der Waals surface area contributed by atoms with E-state index in [1.165, 1.54) is 24.1 Å². The number of aromatic hydroxyl groups is 1. The lowest BCUT2D eigenvalue weighted by Crippen LogP contribution is -2.49. The van der Waals surface area contributed by atoms with Crippen molar-refractivity contribution in [1.29, 1.82) is 0 Å². The summed E-state index contributed by atoms with van der Waals surface area (Å²) in [6.45, 7) is 3.96. The van der Waals surface area contributed by atoms with Gasteiger partial charge in [-0.25, -0.2) is 9.29 Å². The molecule has 2 aromatic rings. The highest BCUT2D eigenvalue weighted by atomic mass is 79.9. The summed E-state index contributed by atoms with van der Waals surface area (Å²) in [5, 5.41) is 10.5. The highest BCUT2D eigenvalue weighted by Gasteiger charge is 2.67. The fraction of sp³-hybridized carbons (Fsp3) is 0.419. The minimum Gasteiger partial charge on any atom is -0.503 e. The summed E-state index contributed by atoms with van der Waals surface area (Å²) in [4.78, 5) is 58.3. The maximum absolute atomic E-state index is 14.5. The fourth-order valence-electron chi connectivity index (χ4n) is 7.72. The van der Waals surface area contributed by atoms with Crippen LogP contribution in [0.2, 0.25) is 5.02 Å². The third kappa shape index (κ3) is 4.17. The molecule has 1 saturated carbocycles. The Morgan fingerprint density at radius 1 is 1.09 bits per heavy atom. The van der Waals surface area contributed by atoms with Gasteiger partial charge in [0.15, 0.2) is 11.5 Å². The molecule has 0 aromatic heterocycles. The lowest BCUT2D eigenvalue weighted by Gasteiger charge is -2.49. The standard InChI is InChI=1S/C31H28Br2ClFN2O6/c1-4-9-36-27(39)15-7-6-14-16(22(15)29(36)41)11-18-28(40)37(13-5-8-20(35)19(34)10-13)30(42)31(18,2)23(14)17-12-21(43-3)26(38)25(33)24(17)32/h5-6,8,10,12,15-16,18,22-23,38H,4,7,9,11H2,1-3H3. The maximum atomic E-state index is 14.5. The van der Waals surface area contributed by atoms with Crippen molar-refractivity contribution < 1.29 is 33.4 Å². The Balaban J connectivity index is 1.57. The number of ether oxygens (including phenoxy) is 1. The number of halogens is 4. The topological polar surface area (TPSA) is 104 Å². The quantitative estimate of drug-likeness (QED) is 0.283. The molecule has 6 rings (SSSR count). The molecule has 0 bridgehead atoms. The number of likely N-dealkylation sites (tertiary alicyclic amines) is 1. The van der Waals surface area contributed by atoms with Crippen LogP contribution in [0.25, 0.3) is 0 Å². The average Bonchev–Trinajstić information content (AvgIpc) is 3.34. The normalized spacial score (nSPS) is 29.9. The Bertz CT molecular complexity index is 1650. The monoisotopic (exact) mass is 736 g/mol. The highest BCUT2D eigenvalue weighted by molar-refractivity contribution is 9.13. The van der Waals surface area contributed by atoms with Crippen LogP contribution in [0, 0.1) is 34.9 Å². The maximum Gasteiger partial charge on any atom is 0.241 e. The number of carbonyl (C=O) groups excluding carboxylic acids is 4. The number of imide groups is 2. The van der Waals surface area contributed by atoms with E-state index in [2.05, 4.69) is 31.9 Å². The third-order valence-corrected chi connectivity index (χ3v) is 12.1. The van der Waals surface area contributed by atoms with Crippen LogP contribution in [0.15, 0.2) is 44.9 Å². The van der Waals surface area contributed by atoms with Gasteiger partial charge < -0.3 is 9.84 Å². The number of fused-ring (bicyclic) bond motifs is 4. The second-order valence-electron chi connectivity index (χ2n) is 11.7. The van der Waals surface area contributed by atoms with E-state index >= 15 is 0 Å². The van der Waals surface area contributed by atoms with Crippen LogP contribution in [0.4, 0.5) is 10.1 Å². The molecule has 2 aliphatic heterocycles. The zero-order valence-corrected chi connectivity index (χ0v) is 27.4. The minimum atomic E-state index is -1.34. The first-order valence-electron chi connectivity index (χ1n) is 14.0. The van der Waals surface area contributed by atoms with E-state index in [-0.39, 0.29) is 40.4 Å². The molecule has 4 amide bonds. The lowest BCUT2D eigenvalue weighted by atomic mass is 9.51. The van der Waals surface area contributed by atoms with Crippen molar-refractivity contribution in [2.24, 2.45) is 29.1 Å². The van der Waals surface area contributed by atoms with Gasteiger partial charge in [0.25, 0.3) is 0 Å². The van der Waals surface area contributed by atoms with Crippen LogP contribution in [-0.4, -0.2) is 47.3 Å². The molecule has 0 radical (unpaired) electrons. The number of hydrogen-bond donors (Lipinski definition) is 1. The van der Waals surface area contributed by atoms with Crippen LogP contribution in [-0.2, 0) is 19.2 Å². The van der Waals surface area contributed by atoms with Gasteiger partial charge in [-0.1, -0.05) is 30.2 Å². The number of benzene rings is 2. The van der Waals surface area contributed by atoms with E-state index in [1.54, 1.807) is 13.0 Å². The zero-order valence-electron chi connectivity index (χ0n) is 23.5. The molecular formula is C31H28Br2ClFN2O6. The summed E-state index contributed by atoms with van der Waals surface area (Å²) in [7, 11) is 1.41. The summed E-state index contributed by atoms with van der Waals surface area (Å²) >= 11 is 13.1. The van der Waals surface area contributed by atoms with Crippen molar-refractivity contribution in [3.8, 4) is 11.5 Å². The van der Waals surface area contributed by atoms with Crippen LogP contribution >= 0.6 is 43.5 Å². The predicted octanol–water partition coefficient (Wildman–Crippen LogP) is 6.36. The summed E-state index contributed by atoms with van der Waals surface area (Å²) in [5.41, 5.74) is 0.173. The molecule has 2 aromatic carbocycles. The Labute approximate surface area is 269 Å². The summed E-state index contributed by atoms with van der Waals surface area (Å²) in [6.07, 6.45) is 3.09. The minimum absolute atomic E-state index is 0.145. The van der Waals surface area contributed by atoms with Gasteiger partial charge in [-0.2, -0.15) is 0 Å². The Morgan fingerprint density at radius 3 is 2.47 bits per heavy atom. The molecular weight excluding hydrogens is 711 g/mol. The molecule has 4 aliphatic rings. The first-order chi connectivity index (χ1) is 20.4. The molecule has 1 N–H and O–H groups in total. The Morgan fingerprint density at radius 2 is 1.81 bits per heavy atom. The molecule has 6 unspecified atom stereocenters. The van der Waals surface area contributed by atoms with Gasteiger partial charge in [0.2, 0.25) is 23.6 Å². The van der Waals surface area contributed by atoms with Crippen molar-refractivity contribution in [1.82, 2.24) is 4.90 Å². The number of anilines is 1. The fourth-order valence-corrected chi connectivity index (χ4v) is 8.85. The Hall–Kier alpha value is -2.76. The van der Waals surface area contributed by atoms with Crippen LogP contribution in [0.1, 0.15) is 44.6 Å². The van der Waals surface area contributed by atoms with Gasteiger partial charge in [-0.05, 0) is 93.8 Å². The lowest BCUT2D eigenvalue weighted by molar-refractivity contribution is -0.140. The predicted molar refractivity (Wildman–Crippen MR) is 163 cm³/mol. The van der Waals surface area contributed by atoms with E-state index in [9.17, 15) is 28.7 Å². The van der Waals surface area contributed by atoms with Gasteiger partial charge in [-0.15, -0.1) is 0 Å². The number of carbonyl (C=O) groups is 4. The van der Waals surface area contributed by atoms with Crippen molar-refractivity contribution in [2.75, 3.05) is 18.6 Å². The van der Waals surface area contributed by atoms with E-state index in [1.807, 2.05) is 13.0 Å². The zero-order chi connectivity index (χ0) is 31.1. The molecule has 226 valence electrons. The van der Waals surface area contributed by atoms with Gasteiger partial charge in [0.05, 0.1) is 45.5 Å². The average molecular weight is 739 g/mol. The highest BCUT2D eigenvalue weighted by Crippen LogP contribution is 2.65. The smallest absolute Gasteiger partial charge is 0.241 e. The number of nitrogens with zero attached hydrogens (tertiary/aromatic N) is 2. The molecule has 8 nitrogen and oxygen atoms in total. The number of hydrogen-bond acceptors (Lipinski definition) is 6. The molecule has 0 spiro atoms. The first kappa shape index (κ1) is 30.3. The molecule has 43 heavy (non-hydrogen) atoms. The molecule has 2 saturated heterocycles. The number of allylic oxidation sites excluding steroid dienone is 2. The largest absolute Gasteiger partial charge is 0.503 e. The number of amides is 4. The van der Waals surface area contributed by atoms with Gasteiger partial charge >= 0.3 is 0 Å². The SMILES string of the molecule is CCCN1C(=O)C2CC=C3C(CC4C(=O)N(c5ccc(F)c(Cl)c5)C(=O)C4(C)C3c3cc(OC)c(O)c(Br)c3Br)C2C1=O. The van der Waals surface area contributed by atoms with Crippen molar-refractivity contribution in [2.45, 2.75) is 39.0 Å². The first-order valence-corrected chi connectivity index (χ1v) is 16.0. The Kier molecular flexibility index (Phi) is 7.53. The second kappa shape index (κ2) is 10.7. The molecule has 2 aliphatic carbocycles. The number of phenols is 1. The van der Waals surface area contributed by atoms with Gasteiger partial charge in [0.1, 0.15) is 5.82 Å². The molecule has 3 fully saturated rings. The number of phenolic OH excluding ortho intramolecular Hbond substituents is 1. The number of rotatable bonds is 5. The molecule has 12 heteroatoms.